The lowest BCUT2D eigenvalue weighted by molar-refractivity contribution is 0.00578. The van der Waals surface area contributed by atoms with E-state index in [-0.39, 0.29) is 11.2 Å². The molecule has 2 rings (SSSR count). The van der Waals surface area contributed by atoms with Gasteiger partial charge in [-0.25, -0.2) is 0 Å². The van der Waals surface area contributed by atoms with Crippen molar-refractivity contribution in [3.8, 4) is 11.5 Å². The van der Waals surface area contributed by atoms with E-state index in [1.165, 1.54) is 0 Å². The van der Waals surface area contributed by atoms with E-state index in [0.29, 0.717) is 5.02 Å². The highest BCUT2D eigenvalue weighted by Gasteiger charge is 2.51. The van der Waals surface area contributed by atoms with Crippen molar-refractivity contribution in [1.29, 1.82) is 0 Å². The Hall–Kier alpha value is -0.728. The predicted molar refractivity (Wildman–Crippen MR) is 97.4 cm³/mol. The van der Waals surface area contributed by atoms with Gasteiger partial charge in [-0.05, 0) is 51.4 Å². The van der Waals surface area contributed by atoms with Crippen LogP contribution in [-0.4, -0.2) is 26.4 Å². The first-order valence-electron chi connectivity index (χ1n) is 7.59. The summed E-state index contributed by atoms with van der Waals surface area (Å²) in [5, 5.41) is 0.659. The van der Waals surface area contributed by atoms with Gasteiger partial charge in [-0.3, -0.25) is 0 Å². The molecule has 0 atom stereocenters. The van der Waals surface area contributed by atoms with Crippen LogP contribution in [0.4, 0.5) is 0 Å². The van der Waals surface area contributed by atoms with Crippen molar-refractivity contribution in [2.45, 2.75) is 58.5 Å². The SMILES string of the molecule is CC1(C)OB(c2cc(Cl)cc(C#C[Si](C)(C)C)c2)OC1(C)C. The van der Waals surface area contributed by atoms with Crippen LogP contribution in [0.5, 0.6) is 0 Å². The molecule has 0 spiro atoms. The Morgan fingerprint density at radius 1 is 1.00 bits per heavy atom. The number of halogens is 1. The minimum atomic E-state index is -1.42. The summed E-state index contributed by atoms with van der Waals surface area (Å²) in [6, 6.07) is 5.80. The second-order valence-electron chi connectivity index (χ2n) is 7.86. The standard InChI is InChI=1S/C17H24BClO2Si/c1-16(2)17(3,4)21-18(20-16)14-10-13(11-15(19)12-14)8-9-22(5,6)7/h10-12H,1-7H3. The van der Waals surface area contributed by atoms with Crippen LogP contribution < -0.4 is 5.46 Å². The lowest BCUT2D eigenvalue weighted by Crippen LogP contribution is -2.41. The lowest BCUT2D eigenvalue weighted by atomic mass is 9.78. The molecule has 1 fully saturated rings. The first-order chi connectivity index (χ1) is 9.90. The number of rotatable bonds is 1. The van der Waals surface area contributed by atoms with Gasteiger partial charge in [0, 0.05) is 10.6 Å². The Morgan fingerprint density at radius 3 is 2.05 bits per heavy atom. The monoisotopic (exact) mass is 334 g/mol. The summed E-state index contributed by atoms with van der Waals surface area (Å²) >= 11 is 6.25. The van der Waals surface area contributed by atoms with Crippen molar-refractivity contribution in [1.82, 2.24) is 0 Å². The van der Waals surface area contributed by atoms with Crippen LogP contribution in [0.3, 0.4) is 0 Å². The molecule has 1 heterocycles. The maximum absolute atomic E-state index is 6.25. The smallest absolute Gasteiger partial charge is 0.399 e. The molecule has 22 heavy (non-hydrogen) atoms. The van der Waals surface area contributed by atoms with Gasteiger partial charge in [0.1, 0.15) is 8.07 Å². The molecule has 1 aromatic rings. The van der Waals surface area contributed by atoms with Crippen molar-refractivity contribution in [3.05, 3.63) is 28.8 Å². The number of hydrogen-bond acceptors (Lipinski definition) is 2. The number of benzene rings is 1. The van der Waals surface area contributed by atoms with Crippen LogP contribution in [0, 0.1) is 11.5 Å². The van der Waals surface area contributed by atoms with Crippen molar-refractivity contribution in [2.24, 2.45) is 0 Å². The molecule has 1 saturated heterocycles. The fraction of sp³-hybridized carbons (Fsp3) is 0.529. The lowest BCUT2D eigenvalue weighted by Gasteiger charge is -2.32. The van der Waals surface area contributed by atoms with Gasteiger partial charge in [0.15, 0.2) is 0 Å². The molecule has 0 amide bonds. The van der Waals surface area contributed by atoms with E-state index in [1.54, 1.807) is 0 Å². The Morgan fingerprint density at radius 2 is 1.55 bits per heavy atom. The molecular formula is C17H24BClO2Si. The highest BCUT2D eigenvalue weighted by molar-refractivity contribution is 6.83. The summed E-state index contributed by atoms with van der Waals surface area (Å²) in [7, 11) is -1.83. The van der Waals surface area contributed by atoms with Gasteiger partial charge in [0.05, 0.1) is 11.2 Å². The molecule has 118 valence electrons. The molecule has 0 unspecified atom stereocenters. The number of hydrogen-bond donors (Lipinski definition) is 0. The quantitative estimate of drug-likeness (QED) is 0.573. The van der Waals surface area contributed by atoms with Crippen LogP contribution >= 0.6 is 11.6 Å². The average molecular weight is 335 g/mol. The van der Waals surface area contributed by atoms with Gasteiger partial charge in [0.2, 0.25) is 0 Å². The van der Waals surface area contributed by atoms with Gasteiger partial charge in [-0.2, -0.15) is 0 Å². The largest absolute Gasteiger partial charge is 0.494 e. The molecule has 0 aliphatic carbocycles. The van der Waals surface area contributed by atoms with E-state index in [0.717, 1.165) is 11.0 Å². The molecule has 0 saturated carbocycles. The molecule has 1 aliphatic rings. The molecular weight excluding hydrogens is 311 g/mol. The van der Waals surface area contributed by atoms with Crippen LogP contribution in [0.15, 0.2) is 18.2 Å². The van der Waals surface area contributed by atoms with E-state index in [1.807, 2.05) is 45.9 Å². The zero-order valence-electron chi connectivity index (χ0n) is 14.5. The molecule has 1 aliphatic heterocycles. The Labute approximate surface area is 140 Å². The highest BCUT2D eigenvalue weighted by Crippen LogP contribution is 2.36. The van der Waals surface area contributed by atoms with Crippen LogP contribution in [-0.2, 0) is 9.31 Å². The molecule has 1 aromatic carbocycles. The second-order valence-corrected chi connectivity index (χ2v) is 13.0. The van der Waals surface area contributed by atoms with Crippen molar-refractivity contribution < 1.29 is 9.31 Å². The Bertz CT molecular complexity index is 622. The van der Waals surface area contributed by atoms with Crippen LogP contribution in [0.1, 0.15) is 33.3 Å². The van der Waals surface area contributed by atoms with Crippen LogP contribution in [0.25, 0.3) is 0 Å². The van der Waals surface area contributed by atoms with Gasteiger partial charge >= 0.3 is 7.12 Å². The molecule has 0 bridgehead atoms. The summed E-state index contributed by atoms with van der Waals surface area (Å²) in [6.45, 7) is 14.8. The zero-order chi connectivity index (χ0) is 16.8. The van der Waals surface area contributed by atoms with Crippen LogP contribution in [0.2, 0.25) is 24.7 Å². The van der Waals surface area contributed by atoms with E-state index in [4.69, 9.17) is 20.9 Å². The molecule has 5 heteroatoms. The highest BCUT2D eigenvalue weighted by atomic mass is 35.5. The predicted octanol–water partition coefficient (Wildman–Crippen LogP) is 3.87. The first-order valence-corrected chi connectivity index (χ1v) is 11.5. The van der Waals surface area contributed by atoms with Gasteiger partial charge in [-0.1, -0.05) is 37.2 Å². The second kappa shape index (κ2) is 5.72. The van der Waals surface area contributed by atoms with Gasteiger partial charge < -0.3 is 9.31 Å². The summed E-state index contributed by atoms with van der Waals surface area (Å²) in [6.07, 6.45) is 0. The van der Waals surface area contributed by atoms with Gasteiger partial charge in [0.25, 0.3) is 0 Å². The molecule has 2 nitrogen and oxygen atoms in total. The summed E-state index contributed by atoms with van der Waals surface area (Å²) < 4.78 is 12.2. The Balaban J connectivity index is 2.34. The third-order valence-corrected chi connectivity index (χ3v) is 5.12. The van der Waals surface area contributed by atoms with E-state index in [9.17, 15) is 0 Å². The van der Waals surface area contributed by atoms with Gasteiger partial charge in [-0.15, -0.1) is 5.54 Å². The maximum Gasteiger partial charge on any atom is 0.494 e. The van der Waals surface area contributed by atoms with E-state index < -0.39 is 15.2 Å². The molecule has 0 radical (unpaired) electrons. The van der Waals surface area contributed by atoms with Crippen molar-refractivity contribution in [3.63, 3.8) is 0 Å². The fourth-order valence-corrected chi connectivity index (χ4v) is 2.82. The summed E-state index contributed by atoms with van der Waals surface area (Å²) in [5.41, 5.74) is 4.49. The fourth-order valence-electron chi connectivity index (χ4n) is 2.06. The summed E-state index contributed by atoms with van der Waals surface area (Å²) in [4.78, 5) is 0. The first kappa shape index (κ1) is 17.6. The van der Waals surface area contributed by atoms with E-state index >= 15 is 0 Å². The minimum absolute atomic E-state index is 0.357. The summed E-state index contributed by atoms with van der Waals surface area (Å²) in [5.74, 6) is 3.25. The average Bonchev–Trinajstić information content (AvgIpc) is 2.55. The Kier molecular flexibility index (Phi) is 4.58. The normalized spacial score (nSPS) is 19.7. The van der Waals surface area contributed by atoms with Crippen molar-refractivity contribution >= 4 is 32.3 Å². The topological polar surface area (TPSA) is 18.5 Å². The molecule has 0 N–H and O–H groups in total. The van der Waals surface area contributed by atoms with E-state index in [2.05, 4.69) is 31.1 Å². The third-order valence-electron chi connectivity index (χ3n) is 4.03. The zero-order valence-corrected chi connectivity index (χ0v) is 16.3. The third kappa shape index (κ3) is 3.97. The van der Waals surface area contributed by atoms with Crippen molar-refractivity contribution in [2.75, 3.05) is 0 Å². The minimum Gasteiger partial charge on any atom is -0.399 e. The maximum atomic E-state index is 6.25. The molecule has 0 aromatic heterocycles.